The van der Waals surface area contributed by atoms with Gasteiger partial charge in [0.25, 0.3) is 11.8 Å². The van der Waals surface area contributed by atoms with E-state index in [0.717, 1.165) is 4.90 Å². The van der Waals surface area contributed by atoms with Gasteiger partial charge < -0.3 is 18.9 Å². The Kier molecular flexibility index (Phi) is 7.10. The Morgan fingerprint density at radius 3 is 2.33 bits per heavy atom. The molecule has 0 radical (unpaired) electrons. The summed E-state index contributed by atoms with van der Waals surface area (Å²) in [7, 11) is 4.18. The number of ether oxygens (including phenoxy) is 4. The quantitative estimate of drug-likeness (QED) is 0.377. The monoisotopic (exact) mass is 470 g/mol. The van der Waals surface area contributed by atoms with E-state index in [2.05, 4.69) is 11.2 Å². The number of hydrogen-bond donors (Lipinski definition) is 1. The number of carbonyl (C=O) groups is 3. The summed E-state index contributed by atoms with van der Waals surface area (Å²) in [5.41, 5.74) is 0.216. The highest BCUT2D eigenvalue weighted by atomic mass is 35.5. The maximum absolute atomic E-state index is 13.2. The molecule has 1 fully saturated rings. The molecule has 1 aliphatic heterocycles. The zero-order chi connectivity index (χ0) is 24.1. The van der Waals surface area contributed by atoms with Crippen molar-refractivity contribution < 1.29 is 33.3 Å². The number of methoxy groups -OCH3 is 3. The fourth-order valence-corrected chi connectivity index (χ4v) is 3.31. The molecule has 1 heterocycles. The fourth-order valence-electron chi connectivity index (χ4n) is 3.07. The summed E-state index contributed by atoms with van der Waals surface area (Å²) < 4.78 is 21.1. The van der Waals surface area contributed by atoms with E-state index in [9.17, 15) is 14.4 Å². The second-order valence-electron chi connectivity index (χ2n) is 6.52. The zero-order valence-electron chi connectivity index (χ0n) is 17.9. The van der Waals surface area contributed by atoms with Crippen molar-refractivity contribution in [3.63, 3.8) is 0 Å². The Hall–Kier alpha value is -4.16. The number of imide groups is 2. The number of halogens is 1. The van der Waals surface area contributed by atoms with Crippen LogP contribution in [0.25, 0.3) is 6.08 Å². The number of urea groups is 1. The summed E-state index contributed by atoms with van der Waals surface area (Å²) in [6.45, 7) is 0.0428. The van der Waals surface area contributed by atoms with Crippen molar-refractivity contribution >= 4 is 41.2 Å². The van der Waals surface area contributed by atoms with Gasteiger partial charge in [-0.2, -0.15) is 0 Å². The number of amides is 4. The van der Waals surface area contributed by atoms with Crippen molar-refractivity contribution in [3.8, 4) is 35.3 Å². The molecule has 1 N–H and O–H groups in total. The van der Waals surface area contributed by atoms with Crippen LogP contribution in [0.15, 0.2) is 35.9 Å². The van der Waals surface area contributed by atoms with Crippen molar-refractivity contribution in [1.29, 1.82) is 0 Å². The van der Waals surface area contributed by atoms with Crippen LogP contribution < -0.4 is 29.2 Å². The van der Waals surface area contributed by atoms with E-state index >= 15 is 0 Å². The Morgan fingerprint density at radius 2 is 1.70 bits per heavy atom. The second-order valence-corrected chi connectivity index (χ2v) is 6.93. The number of anilines is 1. The van der Waals surface area contributed by atoms with Crippen molar-refractivity contribution in [3.05, 3.63) is 46.5 Å². The summed E-state index contributed by atoms with van der Waals surface area (Å²) in [6, 6.07) is 6.58. The van der Waals surface area contributed by atoms with E-state index < -0.39 is 17.8 Å². The first kappa shape index (κ1) is 23.5. The Bertz CT molecular complexity index is 1200. The summed E-state index contributed by atoms with van der Waals surface area (Å²) in [4.78, 5) is 39.1. The van der Waals surface area contributed by atoms with E-state index in [-0.39, 0.29) is 34.4 Å². The topological polar surface area (TPSA) is 103 Å². The molecule has 170 valence electrons. The molecule has 10 heteroatoms. The van der Waals surface area contributed by atoms with Crippen LogP contribution in [0.5, 0.6) is 23.0 Å². The van der Waals surface area contributed by atoms with Crippen molar-refractivity contribution in [2.45, 2.75) is 0 Å². The minimum absolute atomic E-state index is 0.0428. The summed E-state index contributed by atoms with van der Waals surface area (Å²) in [6.07, 6.45) is 6.53. The van der Waals surface area contributed by atoms with Crippen LogP contribution in [0.3, 0.4) is 0 Å². The zero-order valence-corrected chi connectivity index (χ0v) is 18.7. The van der Waals surface area contributed by atoms with Gasteiger partial charge in [-0.05, 0) is 23.8 Å². The van der Waals surface area contributed by atoms with Crippen molar-refractivity contribution in [2.75, 3.05) is 32.8 Å². The molecule has 0 aliphatic carbocycles. The first-order chi connectivity index (χ1) is 15.8. The second kappa shape index (κ2) is 9.97. The minimum atomic E-state index is -0.944. The number of rotatable bonds is 7. The van der Waals surface area contributed by atoms with Gasteiger partial charge in [-0.1, -0.05) is 23.6 Å². The number of nitrogens with one attached hydrogen (secondary N) is 1. The highest BCUT2D eigenvalue weighted by molar-refractivity contribution is 6.39. The minimum Gasteiger partial charge on any atom is -0.495 e. The smallest absolute Gasteiger partial charge is 0.336 e. The average molecular weight is 471 g/mol. The average Bonchev–Trinajstić information content (AvgIpc) is 2.81. The Labute approximate surface area is 194 Å². The third-order valence-electron chi connectivity index (χ3n) is 4.61. The maximum Gasteiger partial charge on any atom is 0.336 e. The SMILES string of the molecule is C#CCOc1ccc(/C=C2\C(=O)NC(=O)N(c3cc(OC)c(Cl)cc3OC)C2=O)cc1OC. The summed E-state index contributed by atoms with van der Waals surface area (Å²) >= 11 is 6.12. The van der Waals surface area contributed by atoms with Gasteiger partial charge in [-0.15, -0.1) is 6.42 Å². The van der Waals surface area contributed by atoms with E-state index in [1.807, 2.05) is 0 Å². The van der Waals surface area contributed by atoms with Crippen LogP contribution in [0.2, 0.25) is 5.02 Å². The molecule has 1 aliphatic rings. The number of nitrogens with zero attached hydrogens (tertiary/aromatic N) is 1. The van der Waals surface area contributed by atoms with Crippen LogP contribution in [0.4, 0.5) is 10.5 Å². The molecular formula is C23H19ClN2O7. The highest BCUT2D eigenvalue weighted by Crippen LogP contribution is 2.39. The van der Waals surface area contributed by atoms with E-state index in [0.29, 0.717) is 17.1 Å². The van der Waals surface area contributed by atoms with Crippen LogP contribution in [0, 0.1) is 12.3 Å². The highest BCUT2D eigenvalue weighted by Gasteiger charge is 2.38. The predicted octanol–water partition coefficient (Wildman–Crippen LogP) is 3.04. The van der Waals surface area contributed by atoms with Gasteiger partial charge in [0.15, 0.2) is 11.5 Å². The maximum atomic E-state index is 13.2. The Morgan fingerprint density at radius 1 is 1.00 bits per heavy atom. The predicted molar refractivity (Wildman–Crippen MR) is 121 cm³/mol. The van der Waals surface area contributed by atoms with Crippen molar-refractivity contribution in [2.24, 2.45) is 0 Å². The molecule has 0 spiro atoms. The fraction of sp³-hybridized carbons (Fsp3) is 0.174. The number of barbiturate groups is 1. The number of carbonyl (C=O) groups excluding carboxylic acids is 3. The third-order valence-corrected chi connectivity index (χ3v) is 4.90. The molecule has 3 rings (SSSR count). The number of hydrogen-bond acceptors (Lipinski definition) is 7. The van der Waals surface area contributed by atoms with E-state index in [1.54, 1.807) is 18.2 Å². The first-order valence-corrected chi connectivity index (χ1v) is 9.79. The normalized spacial score (nSPS) is 14.6. The number of terminal acetylenes is 1. The van der Waals surface area contributed by atoms with Gasteiger partial charge in [0.05, 0.1) is 32.0 Å². The lowest BCUT2D eigenvalue weighted by Gasteiger charge is -2.28. The molecule has 2 aromatic carbocycles. The molecule has 9 nitrogen and oxygen atoms in total. The van der Waals surface area contributed by atoms with Crippen LogP contribution in [-0.2, 0) is 9.59 Å². The van der Waals surface area contributed by atoms with Crippen LogP contribution >= 0.6 is 11.6 Å². The lowest BCUT2D eigenvalue weighted by molar-refractivity contribution is -0.122. The van der Waals surface area contributed by atoms with Gasteiger partial charge >= 0.3 is 6.03 Å². The van der Waals surface area contributed by atoms with Gasteiger partial charge in [-0.3, -0.25) is 14.9 Å². The van der Waals surface area contributed by atoms with E-state index in [4.69, 9.17) is 37.0 Å². The van der Waals surface area contributed by atoms with Gasteiger partial charge in [-0.25, -0.2) is 9.69 Å². The lowest BCUT2D eigenvalue weighted by atomic mass is 10.1. The molecule has 4 amide bonds. The molecule has 0 saturated carbocycles. The third kappa shape index (κ3) is 4.71. The van der Waals surface area contributed by atoms with Crippen molar-refractivity contribution in [1.82, 2.24) is 5.32 Å². The lowest BCUT2D eigenvalue weighted by Crippen LogP contribution is -2.54. The molecule has 0 unspecified atom stereocenters. The molecule has 1 saturated heterocycles. The molecule has 0 atom stereocenters. The molecule has 0 bridgehead atoms. The summed E-state index contributed by atoms with van der Waals surface area (Å²) in [5.74, 6) is 1.72. The standard InChI is InChI=1S/C23H19ClN2O7/c1-5-8-33-17-7-6-13(10-20(17)32-4)9-14-21(27)25-23(29)26(22(14)28)16-12-18(30-2)15(24)11-19(16)31-3/h1,6-7,9-12H,8H2,2-4H3,(H,25,27,29)/b14-9+. The van der Waals surface area contributed by atoms with Crippen LogP contribution in [-0.4, -0.2) is 45.8 Å². The van der Waals surface area contributed by atoms with Crippen LogP contribution in [0.1, 0.15) is 5.56 Å². The molecule has 2 aromatic rings. The molecule has 33 heavy (non-hydrogen) atoms. The summed E-state index contributed by atoms with van der Waals surface area (Å²) in [5, 5.41) is 2.37. The molecular weight excluding hydrogens is 452 g/mol. The first-order valence-electron chi connectivity index (χ1n) is 9.41. The van der Waals surface area contributed by atoms with Gasteiger partial charge in [0.2, 0.25) is 0 Å². The Balaban J connectivity index is 2.05. The van der Waals surface area contributed by atoms with Gasteiger partial charge in [0.1, 0.15) is 23.7 Å². The largest absolute Gasteiger partial charge is 0.495 e. The van der Waals surface area contributed by atoms with E-state index in [1.165, 1.54) is 39.5 Å². The number of benzene rings is 2. The van der Waals surface area contributed by atoms with Gasteiger partial charge in [0, 0.05) is 12.1 Å². The molecule has 0 aromatic heterocycles.